The van der Waals surface area contributed by atoms with Gasteiger partial charge in [-0.05, 0) is 18.8 Å². The first-order chi connectivity index (χ1) is 15.9. The van der Waals surface area contributed by atoms with Gasteiger partial charge < -0.3 is 42.0 Å². The topological polar surface area (TPSA) is 237 Å². The van der Waals surface area contributed by atoms with Crippen molar-refractivity contribution in [1.29, 1.82) is 0 Å². The van der Waals surface area contributed by atoms with Crippen LogP contribution in [0.25, 0.3) is 0 Å². The van der Waals surface area contributed by atoms with Crippen LogP contribution in [0.4, 0.5) is 0 Å². The molecule has 4 atom stereocenters. The van der Waals surface area contributed by atoms with Gasteiger partial charge in [-0.2, -0.15) is 0 Å². The number of nitrogens with one attached hydrogen (secondary N) is 4. The van der Waals surface area contributed by atoms with Crippen LogP contribution >= 0.6 is 0 Å². The molecule has 1 aromatic rings. The van der Waals surface area contributed by atoms with Crippen molar-refractivity contribution in [2.24, 2.45) is 11.7 Å². The number of amides is 3. The maximum atomic E-state index is 12.7. The highest BCUT2D eigenvalue weighted by Crippen LogP contribution is 2.06. The van der Waals surface area contributed by atoms with Crippen LogP contribution < -0.4 is 21.7 Å². The first kappa shape index (κ1) is 28.5. The van der Waals surface area contributed by atoms with Gasteiger partial charge in [-0.25, -0.2) is 9.78 Å². The van der Waals surface area contributed by atoms with Crippen LogP contribution in [-0.4, -0.2) is 85.7 Å². The van der Waals surface area contributed by atoms with E-state index in [1.54, 1.807) is 13.8 Å². The maximum absolute atomic E-state index is 12.7. The summed E-state index contributed by atoms with van der Waals surface area (Å²) >= 11 is 0. The Hall–Kier alpha value is -3.52. The smallest absolute Gasteiger partial charge is 0.326 e. The number of aliphatic carboxylic acids is 2. The molecule has 34 heavy (non-hydrogen) atoms. The molecule has 9 N–H and O–H groups in total. The number of carbonyl (C=O) groups excluding carboxylic acids is 3. The number of imidazole rings is 1. The minimum absolute atomic E-state index is 0.0508. The van der Waals surface area contributed by atoms with E-state index in [2.05, 4.69) is 25.9 Å². The van der Waals surface area contributed by atoms with Crippen LogP contribution in [0.3, 0.4) is 0 Å². The average molecular weight is 485 g/mol. The zero-order valence-corrected chi connectivity index (χ0v) is 19.0. The Morgan fingerprint density at radius 3 is 2.09 bits per heavy atom. The number of nitrogens with two attached hydrogens (primary N) is 1. The summed E-state index contributed by atoms with van der Waals surface area (Å²) in [5.74, 6) is -5.17. The van der Waals surface area contributed by atoms with Crippen LogP contribution in [0.1, 0.15) is 38.8 Å². The number of carbonyl (C=O) groups is 5. The molecule has 0 aromatic carbocycles. The van der Waals surface area contributed by atoms with Crippen molar-refractivity contribution in [1.82, 2.24) is 25.9 Å². The summed E-state index contributed by atoms with van der Waals surface area (Å²) in [6.45, 7) is 2.67. The van der Waals surface area contributed by atoms with E-state index < -0.39 is 66.9 Å². The van der Waals surface area contributed by atoms with Gasteiger partial charge in [0, 0.05) is 24.7 Å². The molecule has 0 saturated heterocycles. The zero-order chi connectivity index (χ0) is 25.8. The molecular weight excluding hydrogens is 452 g/mol. The van der Waals surface area contributed by atoms with Crippen molar-refractivity contribution in [2.75, 3.05) is 6.61 Å². The first-order valence-electron chi connectivity index (χ1n) is 10.6. The number of carboxylic acids is 2. The number of carboxylic acid groups (broad SMARTS) is 2. The molecule has 0 spiro atoms. The van der Waals surface area contributed by atoms with E-state index in [0.29, 0.717) is 5.69 Å². The monoisotopic (exact) mass is 484 g/mol. The molecule has 0 radical (unpaired) electrons. The van der Waals surface area contributed by atoms with E-state index in [1.165, 1.54) is 12.5 Å². The fraction of sp³-hybridized carbons (Fsp3) is 0.600. The van der Waals surface area contributed by atoms with Crippen molar-refractivity contribution in [3.05, 3.63) is 18.2 Å². The highest BCUT2D eigenvalue weighted by Gasteiger charge is 2.30. The third-order valence-corrected chi connectivity index (χ3v) is 4.75. The third-order valence-electron chi connectivity index (χ3n) is 4.75. The number of rotatable bonds is 15. The lowest BCUT2D eigenvalue weighted by Crippen LogP contribution is -2.58. The zero-order valence-electron chi connectivity index (χ0n) is 19.0. The second kappa shape index (κ2) is 13.9. The fourth-order valence-corrected chi connectivity index (χ4v) is 2.97. The van der Waals surface area contributed by atoms with Crippen molar-refractivity contribution in [2.45, 2.75) is 63.7 Å². The quantitative estimate of drug-likeness (QED) is 0.133. The third kappa shape index (κ3) is 9.95. The molecule has 0 aliphatic rings. The SMILES string of the molecule is CC(C)CC(NC(=O)C(CO)NC(=O)C(CCC(=O)O)NC(=O)C(N)Cc1cnc[nH]1)C(=O)O. The molecule has 1 aromatic heterocycles. The number of aliphatic hydroxyl groups excluding tert-OH is 1. The summed E-state index contributed by atoms with van der Waals surface area (Å²) in [5.41, 5.74) is 6.41. The van der Waals surface area contributed by atoms with Crippen LogP contribution in [-0.2, 0) is 30.4 Å². The second-order valence-corrected chi connectivity index (χ2v) is 8.15. The summed E-state index contributed by atoms with van der Waals surface area (Å²) in [6, 6.07) is -5.21. The van der Waals surface area contributed by atoms with Crippen LogP contribution in [0.5, 0.6) is 0 Å². The number of aromatic nitrogens is 2. The van der Waals surface area contributed by atoms with E-state index in [0.717, 1.165) is 0 Å². The molecule has 0 saturated carbocycles. The molecule has 4 unspecified atom stereocenters. The predicted molar refractivity (Wildman–Crippen MR) is 117 cm³/mol. The van der Waals surface area contributed by atoms with Crippen molar-refractivity contribution >= 4 is 29.7 Å². The van der Waals surface area contributed by atoms with E-state index in [1.807, 2.05) is 0 Å². The molecule has 3 amide bonds. The summed E-state index contributed by atoms with van der Waals surface area (Å²) in [7, 11) is 0. The minimum Gasteiger partial charge on any atom is -0.481 e. The molecule has 0 bridgehead atoms. The molecule has 14 nitrogen and oxygen atoms in total. The summed E-state index contributed by atoms with van der Waals surface area (Å²) in [4.78, 5) is 66.5. The fourth-order valence-electron chi connectivity index (χ4n) is 2.97. The summed E-state index contributed by atoms with van der Waals surface area (Å²) in [6.07, 6.45) is 2.29. The standard InChI is InChI=1S/C20H32N6O8/c1-10(2)5-14(20(33)34)25-19(32)15(8-27)26-18(31)13(3-4-16(28)29)24-17(30)12(21)6-11-7-22-9-23-11/h7,9-10,12-15,27H,3-6,8,21H2,1-2H3,(H,22,23)(H,24,30)(H,25,32)(H,26,31)(H,28,29)(H,33,34). The van der Waals surface area contributed by atoms with Crippen LogP contribution in [0.2, 0.25) is 0 Å². The second-order valence-electron chi connectivity index (χ2n) is 8.15. The Labute approximate surface area is 195 Å². The molecule has 1 heterocycles. The van der Waals surface area contributed by atoms with Gasteiger partial charge in [0.2, 0.25) is 17.7 Å². The molecular formula is C20H32N6O8. The highest BCUT2D eigenvalue weighted by atomic mass is 16.4. The molecule has 0 aliphatic carbocycles. The molecule has 14 heteroatoms. The van der Waals surface area contributed by atoms with Gasteiger partial charge >= 0.3 is 11.9 Å². The number of hydrogen-bond acceptors (Lipinski definition) is 8. The normalized spacial score (nSPS) is 14.5. The van der Waals surface area contributed by atoms with Gasteiger partial charge in [0.25, 0.3) is 0 Å². The Morgan fingerprint density at radius 1 is 1.00 bits per heavy atom. The number of aliphatic hydroxyl groups is 1. The average Bonchev–Trinajstić information content (AvgIpc) is 3.26. The van der Waals surface area contributed by atoms with Crippen LogP contribution in [0.15, 0.2) is 12.5 Å². The van der Waals surface area contributed by atoms with Gasteiger partial charge in [0.05, 0.1) is 19.0 Å². The highest BCUT2D eigenvalue weighted by molar-refractivity contribution is 5.94. The molecule has 0 aliphatic heterocycles. The predicted octanol–water partition coefficient (Wildman–Crippen LogP) is -2.28. The minimum atomic E-state index is -1.52. The number of hydrogen-bond donors (Lipinski definition) is 8. The maximum Gasteiger partial charge on any atom is 0.326 e. The van der Waals surface area contributed by atoms with Crippen molar-refractivity contribution in [3.63, 3.8) is 0 Å². The van der Waals surface area contributed by atoms with Crippen molar-refractivity contribution in [3.8, 4) is 0 Å². The van der Waals surface area contributed by atoms with Crippen molar-refractivity contribution < 1.29 is 39.3 Å². The number of aromatic amines is 1. The largest absolute Gasteiger partial charge is 0.481 e. The van der Waals surface area contributed by atoms with Gasteiger partial charge in [-0.15, -0.1) is 0 Å². The number of H-pyrrole nitrogens is 1. The summed E-state index contributed by atoms with van der Waals surface area (Å²) in [5, 5.41) is 34.6. The Bertz CT molecular complexity index is 844. The molecule has 1 rings (SSSR count). The van der Waals surface area contributed by atoms with Crippen LogP contribution in [0, 0.1) is 5.92 Å². The lowest BCUT2D eigenvalue weighted by atomic mass is 10.0. The van der Waals surface area contributed by atoms with E-state index in [9.17, 15) is 34.2 Å². The Kier molecular flexibility index (Phi) is 11.7. The van der Waals surface area contributed by atoms with E-state index in [4.69, 9.17) is 10.8 Å². The van der Waals surface area contributed by atoms with E-state index >= 15 is 0 Å². The van der Waals surface area contributed by atoms with Gasteiger partial charge in [-0.1, -0.05) is 13.8 Å². The number of nitrogens with zero attached hydrogens (tertiary/aromatic N) is 1. The lowest BCUT2D eigenvalue weighted by molar-refractivity contribution is -0.143. The molecule has 190 valence electrons. The van der Waals surface area contributed by atoms with Gasteiger partial charge in [-0.3, -0.25) is 19.2 Å². The Balaban J connectivity index is 2.85. The summed E-state index contributed by atoms with van der Waals surface area (Å²) < 4.78 is 0. The van der Waals surface area contributed by atoms with Gasteiger partial charge in [0.1, 0.15) is 18.1 Å². The van der Waals surface area contributed by atoms with Gasteiger partial charge in [0.15, 0.2) is 0 Å². The van der Waals surface area contributed by atoms with E-state index in [-0.39, 0.29) is 25.2 Å². The molecule has 0 fully saturated rings. The lowest BCUT2D eigenvalue weighted by Gasteiger charge is -2.24. The Morgan fingerprint density at radius 2 is 1.59 bits per heavy atom. The first-order valence-corrected chi connectivity index (χ1v) is 10.6.